The van der Waals surface area contributed by atoms with Crippen LogP contribution in [-0.2, 0) is 16.6 Å². The van der Waals surface area contributed by atoms with Crippen molar-refractivity contribution in [1.82, 2.24) is 9.71 Å². The van der Waals surface area contributed by atoms with Gasteiger partial charge in [0.15, 0.2) is 0 Å². The summed E-state index contributed by atoms with van der Waals surface area (Å²) < 4.78 is 28.1. The molecule has 0 aliphatic carbocycles. The Labute approximate surface area is 132 Å². The van der Waals surface area contributed by atoms with Gasteiger partial charge in [-0.3, -0.25) is 4.98 Å². The molecule has 0 radical (unpaired) electrons. The van der Waals surface area contributed by atoms with E-state index in [-0.39, 0.29) is 11.4 Å². The van der Waals surface area contributed by atoms with Crippen LogP contribution in [-0.4, -0.2) is 13.4 Å². The summed E-state index contributed by atoms with van der Waals surface area (Å²) in [5, 5.41) is 0. The van der Waals surface area contributed by atoms with E-state index in [2.05, 4.69) is 25.6 Å². The molecule has 0 aliphatic rings. The summed E-state index contributed by atoms with van der Waals surface area (Å²) in [6, 6.07) is 4.95. The molecule has 0 saturated carbocycles. The second-order valence-corrected chi connectivity index (χ2v) is 7.36. The lowest BCUT2D eigenvalue weighted by Gasteiger charge is -2.12. The van der Waals surface area contributed by atoms with Gasteiger partial charge >= 0.3 is 0 Å². The first kappa shape index (κ1) is 15.9. The standard InChI is InChI=1S/C14H16BrN3O2S/c1-9-5-12(15)13(16)6-14(9)21(19,20)18-8-11-3-4-17-7-10(11)2/h3-7,18H,8,16H2,1-2H3. The molecular formula is C14H16BrN3O2S. The summed E-state index contributed by atoms with van der Waals surface area (Å²) in [6.45, 7) is 3.84. The van der Waals surface area contributed by atoms with E-state index >= 15 is 0 Å². The highest BCUT2D eigenvalue weighted by Gasteiger charge is 2.18. The molecule has 3 N–H and O–H groups in total. The van der Waals surface area contributed by atoms with Gasteiger partial charge in [0.1, 0.15) is 0 Å². The summed E-state index contributed by atoms with van der Waals surface area (Å²) in [5.41, 5.74) is 8.62. The number of aryl methyl sites for hydroxylation is 2. The number of halogens is 1. The first-order chi connectivity index (χ1) is 9.81. The highest BCUT2D eigenvalue weighted by atomic mass is 79.9. The summed E-state index contributed by atoms with van der Waals surface area (Å²) >= 11 is 3.28. The van der Waals surface area contributed by atoms with E-state index in [0.717, 1.165) is 11.1 Å². The van der Waals surface area contributed by atoms with Crippen LogP contribution in [0.1, 0.15) is 16.7 Å². The van der Waals surface area contributed by atoms with Gasteiger partial charge in [0, 0.05) is 29.1 Å². The van der Waals surface area contributed by atoms with Crippen molar-refractivity contribution >= 4 is 31.6 Å². The van der Waals surface area contributed by atoms with Crippen LogP contribution in [0.5, 0.6) is 0 Å². The van der Waals surface area contributed by atoms with E-state index in [1.807, 2.05) is 6.92 Å². The molecule has 112 valence electrons. The molecule has 0 fully saturated rings. The summed E-state index contributed by atoms with van der Waals surface area (Å²) in [6.07, 6.45) is 3.34. The van der Waals surface area contributed by atoms with Crippen molar-refractivity contribution in [3.8, 4) is 0 Å². The van der Waals surface area contributed by atoms with Crippen LogP contribution in [0.15, 0.2) is 40.0 Å². The van der Waals surface area contributed by atoms with Gasteiger partial charge in [0.2, 0.25) is 10.0 Å². The lowest BCUT2D eigenvalue weighted by molar-refractivity contribution is 0.580. The Balaban J connectivity index is 2.27. The van der Waals surface area contributed by atoms with Crippen LogP contribution in [0.2, 0.25) is 0 Å². The third-order valence-electron chi connectivity index (χ3n) is 3.17. The molecule has 0 amide bonds. The quantitative estimate of drug-likeness (QED) is 0.810. The maximum absolute atomic E-state index is 12.4. The van der Waals surface area contributed by atoms with Crippen molar-refractivity contribution in [3.63, 3.8) is 0 Å². The number of anilines is 1. The smallest absolute Gasteiger partial charge is 0.241 e. The third-order valence-corrected chi connectivity index (χ3v) is 5.40. The molecule has 0 spiro atoms. The highest BCUT2D eigenvalue weighted by Crippen LogP contribution is 2.26. The number of aromatic nitrogens is 1. The first-order valence-electron chi connectivity index (χ1n) is 6.26. The van der Waals surface area contributed by atoms with Gasteiger partial charge in [0.05, 0.1) is 4.90 Å². The van der Waals surface area contributed by atoms with Gasteiger partial charge in [-0.15, -0.1) is 0 Å². The number of benzene rings is 1. The zero-order valence-electron chi connectivity index (χ0n) is 11.7. The number of sulfonamides is 1. The van der Waals surface area contributed by atoms with Crippen LogP contribution in [0.25, 0.3) is 0 Å². The highest BCUT2D eigenvalue weighted by molar-refractivity contribution is 9.10. The fourth-order valence-corrected chi connectivity index (χ4v) is 3.63. The number of nitrogens with zero attached hydrogens (tertiary/aromatic N) is 1. The van der Waals surface area contributed by atoms with Gasteiger partial charge < -0.3 is 5.73 Å². The molecule has 0 atom stereocenters. The van der Waals surface area contributed by atoms with Gasteiger partial charge in [0.25, 0.3) is 0 Å². The first-order valence-corrected chi connectivity index (χ1v) is 8.53. The van der Waals surface area contributed by atoms with Crippen molar-refractivity contribution in [2.75, 3.05) is 5.73 Å². The fourth-order valence-electron chi connectivity index (χ4n) is 1.91. The maximum atomic E-state index is 12.4. The molecule has 0 bridgehead atoms. The minimum atomic E-state index is -3.62. The molecule has 7 heteroatoms. The van der Waals surface area contributed by atoms with Crippen LogP contribution >= 0.6 is 15.9 Å². The predicted molar refractivity (Wildman–Crippen MR) is 86.3 cm³/mol. The zero-order valence-corrected chi connectivity index (χ0v) is 14.1. The molecule has 5 nitrogen and oxygen atoms in total. The Bertz CT molecular complexity index is 776. The van der Waals surface area contributed by atoms with Crippen molar-refractivity contribution < 1.29 is 8.42 Å². The molecule has 1 aromatic carbocycles. The Morgan fingerprint density at radius 3 is 2.67 bits per heavy atom. The molecule has 0 unspecified atom stereocenters. The number of nitrogen functional groups attached to an aromatic ring is 1. The lowest BCUT2D eigenvalue weighted by atomic mass is 10.2. The SMILES string of the molecule is Cc1cnccc1CNS(=O)(=O)c1cc(N)c(Br)cc1C. The van der Waals surface area contributed by atoms with E-state index < -0.39 is 10.0 Å². The van der Waals surface area contributed by atoms with Crippen LogP contribution in [0.3, 0.4) is 0 Å². The summed E-state index contributed by atoms with van der Waals surface area (Å²) in [4.78, 5) is 4.17. The van der Waals surface area contributed by atoms with Gasteiger partial charge in [-0.1, -0.05) is 0 Å². The average molecular weight is 370 g/mol. The van der Waals surface area contributed by atoms with E-state index in [4.69, 9.17) is 5.73 Å². The molecule has 1 aromatic heterocycles. The van der Waals surface area contributed by atoms with Gasteiger partial charge in [-0.25, -0.2) is 13.1 Å². The fraction of sp³-hybridized carbons (Fsp3) is 0.214. The van der Waals surface area contributed by atoms with Crippen molar-refractivity contribution in [3.05, 3.63) is 51.8 Å². The van der Waals surface area contributed by atoms with Crippen molar-refractivity contribution in [1.29, 1.82) is 0 Å². The predicted octanol–water partition coefficient (Wildman–Crippen LogP) is 2.52. The number of pyridine rings is 1. The van der Waals surface area contributed by atoms with E-state index in [0.29, 0.717) is 15.7 Å². The minimum Gasteiger partial charge on any atom is -0.398 e. The normalized spacial score (nSPS) is 11.6. The molecule has 1 heterocycles. The number of hydrogen-bond acceptors (Lipinski definition) is 4. The number of nitrogens with two attached hydrogens (primary N) is 1. The minimum absolute atomic E-state index is 0.190. The number of hydrogen-bond donors (Lipinski definition) is 2. The Hall–Kier alpha value is -1.44. The van der Waals surface area contributed by atoms with E-state index in [1.165, 1.54) is 6.07 Å². The second kappa shape index (κ2) is 6.13. The lowest BCUT2D eigenvalue weighted by Crippen LogP contribution is -2.24. The topological polar surface area (TPSA) is 85.1 Å². The summed E-state index contributed by atoms with van der Waals surface area (Å²) in [7, 11) is -3.62. The van der Waals surface area contributed by atoms with Crippen LogP contribution in [0.4, 0.5) is 5.69 Å². The van der Waals surface area contributed by atoms with E-state index in [9.17, 15) is 8.42 Å². The van der Waals surface area contributed by atoms with Gasteiger partial charge in [-0.05, 0) is 64.7 Å². The molecule has 21 heavy (non-hydrogen) atoms. The van der Waals surface area contributed by atoms with Crippen LogP contribution in [0, 0.1) is 13.8 Å². The Kier molecular flexibility index (Phi) is 4.65. The van der Waals surface area contributed by atoms with Gasteiger partial charge in [-0.2, -0.15) is 0 Å². The maximum Gasteiger partial charge on any atom is 0.241 e. The third kappa shape index (κ3) is 3.61. The number of rotatable bonds is 4. The van der Waals surface area contributed by atoms with Crippen molar-refractivity contribution in [2.24, 2.45) is 0 Å². The Morgan fingerprint density at radius 2 is 2.00 bits per heavy atom. The molecule has 0 aliphatic heterocycles. The average Bonchev–Trinajstić information content (AvgIpc) is 2.42. The molecule has 2 rings (SSSR count). The molecule has 0 saturated heterocycles. The second-order valence-electron chi connectivity index (χ2n) is 4.77. The Morgan fingerprint density at radius 1 is 1.29 bits per heavy atom. The monoisotopic (exact) mass is 369 g/mol. The summed E-state index contributed by atoms with van der Waals surface area (Å²) in [5.74, 6) is 0. The van der Waals surface area contributed by atoms with E-state index in [1.54, 1.807) is 31.5 Å². The number of nitrogens with one attached hydrogen (secondary N) is 1. The molecular weight excluding hydrogens is 354 g/mol. The van der Waals surface area contributed by atoms with Crippen LogP contribution < -0.4 is 10.5 Å². The zero-order chi connectivity index (χ0) is 15.6. The largest absolute Gasteiger partial charge is 0.398 e. The van der Waals surface area contributed by atoms with Crippen molar-refractivity contribution in [2.45, 2.75) is 25.3 Å². The molecule has 2 aromatic rings.